The molecule has 1 aliphatic heterocycles. The van der Waals surface area contributed by atoms with Crippen molar-refractivity contribution < 1.29 is 4.79 Å². The van der Waals surface area contributed by atoms with E-state index < -0.39 is 0 Å². The van der Waals surface area contributed by atoms with E-state index in [4.69, 9.17) is 0 Å². The summed E-state index contributed by atoms with van der Waals surface area (Å²) in [6.07, 6.45) is 8.79. The Hall–Kier alpha value is -0.610. The van der Waals surface area contributed by atoms with Gasteiger partial charge in [-0.2, -0.15) is 0 Å². The number of carbonyl (C=O) groups excluding carboxylic acids is 1. The first-order valence-electron chi connectivity index (χ1n) is 9.23. The molecule has 1 amide bonds. The van der Waals surface area contributed by atoms with Crippen molar-refractivity contribution in [1.82, 2.24) is 15.5 Å². The normalized spacial score (nSPS) is 23.6. The Morgan fingerprint density at radius 1 is 1.14 bits per heavy atom. The topological polar surface area (TPSA) is 44.4 Å². The van der Waals surface area contributed by atoms with Gasteiger partial charge in [-0.15, -0.1) is 0 Å². The van der Waals surface area contributed by atoms with E-state index in [0.717, 1.165) is 25.6 Å². The summed E-state index contributed by atoms with van der Waals surface area (Å²) in [4.78, 5) is 14.7. The summed E-state index contributed by atoms with van der Waals surface area (Å²) in [7, 11) is 0. The third-order valence-electron chi connectivity index (χ3n) is 5.63. The van der Waals surface area contributed by atoms with Gasteiger partial charge in [0.1, 0.15) is 0 Å². The van der Waals surface area contributed by atoms with Crippen LogP contribution >= 0.6 is 0 Å². The second kappa shape index (κ2) is 7.78. The maximum atomic E-state index is 12.4. The van der Waals surface area contributed by atoms with Gasteiger partial charge in [0.25, 0.3) is 0 Å². The quantitative estimate of drug-likeness (QED) is 0.793. The molecule has 22 heavy (non-hydrogen) atoms. The maximum absolute atomic E-state index is 12.4. The standard InChI is InChI=1S/C18H35N3O/c1-5-18(3,4)20-17(22)14(2)21-12-10-16(11-13-21)19-15-8-6-7-9-15/h14-16,19H,5-13H2,1-4H3,(H,20,22). The molecular weight excluding hydrogens is 274 g/mol. The number of amides is 1. The van der Waals surface area contributed by atoms with Crippen LogP contribution in [0.25, 0.3) is 0 Å². The van der Waals surface area contributed by atoms with Crippen molar-refractivity contribution in [3.8, 4) is 0 Å². The van der Waals surface area contributed by atoms with Gasteiger partial charge in [-0.3, -0.25) is 9.69 Å². The van der Waals surface area contributed by atoms with Gasteiger partial charge in [0.05, 0.1) is 6.04 Å². The molecule has 1 unspecified atom stereocenters. The lowest BCUT2D eigenvalue weighted by Gasteiger charge is -2.38. The summed E-state index contributed by atoms with van der Waals surface area (Å²) in [6.45, 7) is 10.4. The van der Waals surface area contributed by atoms with Crippen LogP contribution in [0.2, 0.25) is 0 Å². The molecule has 0 aromatic rings. The van der Waals surface area contributed by atoms with Crippen molar-refractivity contribution in [3.63, 3.8) is 0 Å². The molecular formula is C18H35N3O. The molecule has 0 spiro atoms. The number of hydrogen-bond donors (Lipinski definition) is 2. The van der Waals surface area contributed by atoms with Crippen LogP contribution in [-0.4, -0.2) is 47.6 Å². The summed E-state index contributed by atoms with van der Waals surface area (Å²) in [5.41, 5.74) is -0.103. The molecule has 1 saturated heterocycles. The molecule has 2 aliphatic rings. The number of piperidine rings is 1. The first kappa shape index (κ1) is 17.7. The Kier molecular flexibility index (Phi) is 6.27. The summed E-state index contributed by atoms with van der Waals surface area (Å²) < 4.78 is 0. The summed E-state index contributed by atoms with van der Waals surface area (Å²) in [5, 5.41) is 7.00. The van der Waals surface area contributed by atoms with Gasteiger partial charge in [0.15, 0.2) is 0 Å². The predicted molar refractivity (Wildman–Crippen MR) is 92.0 cm³/mol. The Morgan fingerprint density at radius 2 is 1.68 bits per heavy atom. The number of carbonyl (C=O) groups is 1. The molecule has 0 bridgehead atoms. The molecule has 4 nitrogen and oxygen atoms in total. The first-order chi connectivity index (χ1) is 10.4. The molecule has 4 heteroatoms. The summed E-state index contributed by atoms with van der Waals surface area (Å²) in [6, 6.07) is 1.39. The zero-order valence-electron chi connectivity index (χ0n) is 15.0. The summed E-state index contributed by atoms with van der Waals surface area (Å²) in [5.74, 6) is 0.175. The Bertz CT molecular complexity index is 355. The van der Waals surface area contributed by atoms with E-state index in [9.17, 15) is 4.79 Å². The van der Waals surface area contributed by atoms with Crippen LogP contribution in [0.15, 0.2) is 0 Å². The van der Waals surface area contributed by atoms with E-state index in [1.165, 1.54) is 38.5 Å². The minimum atomic E-state index is -0.103. The van der Waals surface area contributed by atoms with Crippen LogP contribution in [0.1, 0.15) is 72.6 Å². The molecule has 128 valence electrons. The first-order valence-corrected chi connectivity index (χ1v) is 9.23. The van der Waals surface area contributed by atoms with E-state index >= 15 is 0 Å². The van der Waals surface area contributed by atoms with E-state index in [2.05, 4.69) is 36.3 Å². The average Bonchev–Trinajstić information content (AvgIpc) is 3.00. The van der Waals surface area contributed by atoms with Gasteiger partial charge in [-0.05, 0) is 52.9 Å². The van der Waals surface area contributed by atoms with Crippen LogP contribution in [0.4, 0.5) is 0 Å². The second-order valence-electron chi connectivity index (χ2n) is 7.86. The number of rotatable bonds is 6. The fraction of sp³-hybridized carbons (Fsp3) is 0.944. The van der Waals surface area contributed by atoms with E-state index in [-0.39, 0.29) is 17.5 Å². The van der Waals surface area contributed by atoms with Gasteiger partial charge < -0.3 is 10.6 Å². The summed E-state index contributed by atoms with van der Waals surface area (Å²) >= 11 is 0. The number of hydrogen-bond acceptors (Lipinski definition) is 3. The SMILES string of the molecule is CCC(C)(C)NC(=O)C(C)N1CCC(NC2CCCC2)CC1. The monoisotopic (exact) mass is 309 g/mol. The van der Waals surface area contributed by atoms with Crippen LogP contribution in [-0.2, 0) is 4.79 Å². The van der Waals surface area contributed by atoms with E-state index in [1.807, 2.05) is 6.92 Å². The van der Waals surface area contributed by atoms with Gasteiger partial charge in [-0.25, -0.2) is 0 Å². The fourth-order valence-corrected chi connectivity index (χ4v) is 3.57. The van der Waals surface area contributed by atoms with Crippen molar-refractivity contribution in [2.45, 2.75) is 96.3 Å². The fourth-order valence-electron chi connectivity index (χ4n) is 3.57. The highest BCUT2D eigenvalue weighted by Gasteiger charge is 2.30. The largest absolute Gasteiger partial charge is 0.350 e. The molecule has 2 rings (SSSR count). The Labute approximate surface area is 136 Å². The number of nitrogens with zero attached hydrogens (tertiary/aromatic N) is 1. The van der Waals surface area contributed by atoms with E-state index in [1.54, 1.807) is 0 Å². The Morgan fingerprint density at radius 3 is 2.23 bits per heavy atom. The van der Waals surface area contributed by atoms with Gasteiger partial charge >= 0.3 is 0 Å². The minimum absolute atomic E-state index is 0.0155. The highest BCUT2D eigenvalue weighted by molar-refractivity contribution is 5.82. The lowest BCUT2D eigenvalue weighted by atomic mass is 9.99. The predicted octanol–water partition coefficient (Wildman–Crippen LogP) is 2.68. The Balaban J connectivity index is 1.74. The van der Waals surface area contributed by atoms with Crippen LogP contribution in [0.3, 0.4) is 0 Å². The zero-order valence-corrected chi connectivity index (χ0v) is 15.0. The van der Waals surface area contributed by atoms with Gasteiger partial charge in [0.2, 0.25) is 5.91 Å². The van der Waals surface area contributed by atoms with Crippen LogP contribution in [0.5, 0.6) is 0 Å². The third-order valence-corrected chi connectivity index (χ3v) is 5.63. The molecule has 0 radical (unpaired) electrons. The molecule has 2 fully saturated rings. The van der Waals surface area contributed by atoms with E-state index in [0.29, 0.717) is 6.04 Å². The van der Waals surface area contributed by atoms with Crippen LogP contribution < -0.4 is 10.6 Å². The van der Waals surface area contributed by atoms with Crippen molar-refractivity contribution in [3.05, 3.63) is 0 Å². The molecule has 0 aromatic carbocycles. The molecule has 2 N–H and O–H groups in total. The molecule has 1 aliphatic carbocycles. The van der Waals surface area contributed by atoms with Gasteiger partial charge in [-0.1, -0.05) is 19.8 Å². The lowest BCUT2D eigenvalue weighted by Crippen LogP contribution is -2.55. The number of nitrogens with one attached hydrogen (secondary N) is 2. The van der Waals surface area contributed by atoms with Crippen molar-refractivity contribution in [2.24, 2.45) is 0 Å². The minimum Gasteiger partial charge on any atom is -0.350 e. The van der Waals surface area contributed by atoms with Crippen LogP contribution in [0, 0.1) is 0 Å². The average molecular weight is 309 g/mol. The van der Waals surface area contributed by atoms with Gasteiger partial charge in [0, 0.05) is 30.7 Å². The highest BCUT2D eigenvalue weighted by Crippen LogP contribution is 2.21. The second-order valence-corrected chi connectivity index (χ2v) is 7.86. The maximum Gasteiger partial charge on any atom is 0.237 e. The lowest BCUT2D eigenvalue weighted by molar-refractivity contribution is -0.128. The van der Waals surface area contributed by atoms with Crippen molar-refractivity contribution in [1.29, 1.82) is 0 Å². The van der Waals surface area contributed by atoms with Crippen molar-refractivity contribution >= 4 is 5.91 Å². The molecule has 0 aromatic heterocycles. The molecule has 1 atom stereocenters. The van der Waals surface area contributed by atoms with Crippen molar-refractivity contribution in [2.75, 3.05) is 13.1 Å². The number of likely N-dealkylation sites (tertiary alicyclic amines) is 1. The third kappa shape index (κ3) is 4.95. The smallest absolute Gasteiger partial charge is 0.237 e. The molecule has 1 saturated carbocycles. The highest BCUT2D eigenvalue weighted by atomic mass is 16.2. The molecule has 1 heterocycles. The zero-order chi connectivity index (χ0) is 16.2.